The number of guanidine groups is 1. The first-order chi connectivity index (χ1) is 8.80. The van der Waals surface area contributed by atoms with Crippen LogP contribution < -0.4 is 16.6 Å². The number of hydrogen-bond donors (Lipinski definition) is 3. The molecule has 4 N–H and O–H groups in total. The Bertz CT molecular complexity index is 237. The molecule has 0 unspecified atom stereocenters. The van der Waals surface area contributed by atoms with Gasteiger partial charge < -0.3 is 10.1 Å². The molecule has 1 fully saturated rings. The van der Waals surface area contributed by atoms with Crippen LogP contribution in [0.3, 0.4) is 0 Å². The van der Waals surface area contributed by atoms with Crippen molar-refractivity contribution in [3.8, 4) is 0 Å². The van der Waals surface area contributed by atoms with E-state index in [0.717, 1.165) is 24.9 Å². The zero-order valence-electron chi connectivity index (χ0n) is 11.7. The van der Waals surface area contributed by atoms with E-state index < -0.39 is 0 Å². The molecule has 0 radical (unpaired) electrons. The number of aliphatic imine (C=N–C) groups is 1. The van der Waals surface area contributed by atoms with E-state index in [0.29, 0.717) is 12.6 Å². The Labute approximate surface area is 111 Å². The third-order valence-corrected chi connectivity index (χ3v) is 3.79. The zero-order valence-corrected chi connectivity index (χ0v) is 11.7. The van der Waals surface area contributed by atoms with Crippen molar-refractivity contribution >= 4 is 5.96 Å². The monoisotopic (exact) mass is 256 g/mol. The molecule has 106 valence electrons. The molecule has 0 bridgehead atoms. The third-order valence-electron chi connectivity index (χ3n) is 3.79. The van der Waals surface area contributed by atoms with E-state index in [-0.39, 0.29) is 0 Å². The summed E-state index contributed by atoms with van der Waals surface area (Å²) in [5.41, 5.74) is 2.60. The molecule has 0 saturated heterocycles. The Morgan fingerprint density at radius 3 is 2.50 bits per heavy atom. The van der Waals surface area contributed by atoms with Crippen molar-refractivity contribution in [3.63, 3.8) is 0 Å². The van der Waals surface area contributed by atoms with E-state index in [9.17, 15) is 0 Å². The van der Waals surface area contributed by atoms with Crippen molar-refractivity contribution in [3.05, 3.63) is 0 Å². The van der Waals surface area contributed by atoms with Crippen molar-refractivity contribution in [2.75, 3.05) is 26.8 Å². The van der Waals surface area contributed by atoms with Gasteiger partial charge in [-0.2, -0.15) is 0 Å². The third kappa shape index (κ3) is 5.69. The topological polar surface area (TPSA) is 71.7 Å². The van der Waals surface area contributed by atoms with Gasteiger partial charge in [-0.05, 0) is 24.7 Å². The fourth-order valence-corrected chi connectivity index (χ4v) is 2.47. The number of rotatable bonds is 6. The van der Waals surface area contributed by atoms with Crippen LogP contribution in [0.4, 0.5) is 0 Å². The predicted octanol–water partition coefficient (Wildman–Crippen LogP) is 1.26. The van der Waals surface area contributed by atoms with Crippen LogP contribution >= 0.6 is 0 Å². The Hall–Kier alpha value is -0.810. The van der Waals surface area contributed by atoms with Crippen molar-refractivity contribution < 1.29 is 4.74 Å². The summed E-state index contributed by atoms with van der Waals surface area (Å²) in [4.78, 5) is 4.50. The summed E-state index contributed by atoms with van der Waals surface area (Å²) < 4.78 is 4.97. The standard InChI is InChI=1S/C13H28N4O/c1-3-11-4-6-12(7-5-11)10-16-13(17-14)15-8-9-18-2/h11-12H,3-10,14H2,1-2H3,(H2,15,16,17). The molecule has 0 amide bonds. The van der Waals surface area contributed by atoms with Gasteiger partial charge in [-0.1, -0.05) is 26.2 Å². The average molecular weight is 256 g/mol. The first-order valence-corrected chi connectivity index (χ1v) is 7.04. The van der Waals surface area contributed by atoms with Crippen LogP contribution in [-0.4, -0.2) is 32.8 Å². The van der Waals surface area contributed by atoms with Crippen LogP contribution in [-0.2, 0) is 4.74 Å². The van der Waals surface area contributed by atoms with Gasteiger partial charge in [-0.15, -0.1) is 0 Å². The van der Waals surface area contributed by atoms with Crippen LogP contribution in [0.15, 0.2) is 4.99 Å². The Morgan fingerprint density at radius 1 is 1.28 bits per heavy atom. The maximum absolute atomic E-state index is 5.43. The number of nitrogens with zero attached hydrogens (tertiary/aromatic N) is 1. The lowest BCUT2D eigenvalue weighted by atomic mass is 9.81. The highest BCUT2D eigenvalue weighted by molar-refractivity contribution is 5.79. The summed E-state index contributed by atoms with van der Waals surface area (Å²) >= 11 is 0. The lowest BCUT2D eigenvalue weighted by molar-refractivity contribution is 0.203. The SMILES string of the molecule is CCC1CCC(CN=C(NN)NCCOC)CC1. The molecule has 0 spiro atoms. The maximum Gasteiger partial charge on any atom is 0.205 e. The van der Waals surface area contributed by atoms with Gasteiger partial charge in [-0.25, -0.2) is 5.84 Å². The number of hydrogen-bond acceptors (Lipinski definition) is 3. The van der Waals surface area contributed by atoms with Crippen LogP contribution in [0.25, 0.3) is 0 Å². The molecule has 18 heavy (non-hydrogen) atoms. The van der Waals surface area contributed by atoms with Gasteiger partial charge in [0, 0.05) is 20.2 Å². The number of methoxy groups -OCH3 is 1. The summed E-state index contributed by atoms with van der Waals surface area (Å²) in [5.74, 6) is 7.77. The molecule has 0 aromatic heterocycles. The second kappa shape index (κ2) is 9.16. The molecule has 1 aliphatic rings. The molecule has 5 nitrogen and oxygen atoms in total. The summed E-state index contributed by atoms with van der Waals surface area (Å²) in [6, 6.07) is 0. The van der Waals surface area contributed by atoms with Gasteiger partial charge in [0.25, 0.3) is 0 Å². The molecule has 0 heterocycles. The Balaban J connectivity index is 2.24. The van der Waals surface area contributed by atoms with Gasteiger partial charge in [0.1, 0.15) is 0 Å². The van der Waals surface area contributed by atoms with Crippen molar-refractivity contribution in [2.24, 2.45) is 22.7 Å². The summed E-state index contributed by atoms with van der Waals surface area (Å²) in [6.45, 7) is 4.54. The van der Waals surface area contributed by atoms with Gasteiger partial charge in [0.2, 0.25) is 5.96 Å². The van der Waals surface area contributed by atoms with Crippen LogP contribution in [0, 0.1) is 11.8 Å². The minimum absolute atomic E-state index is 0.655. The number of hydrazine groups is 1. The lowest BCUT2D eigenvalue weighted by Gasteiger charge is -2.26. The van der Waals surface area contributed by atoms with Crippen LogP contribution in [0.5, 0.6) is 0 Å². The molecule has 0 aromatic rings. The lowest BCUT2D eigenvalue weighted by Crippen LogP contribution is -2.43. The van der Waals surface area contributed by atoms with E-state index in [4.69, 9.17) is 10.6 Å². The minimum Gasteiger partial charge on any atom is -0.383 e. The van der Waals surface area contributed by atoms with Gasteiger partial charge in [-0.3, -0.25) is 10.4 Å². The number of ether oxygens (including phenoxy) is 1. The second-order valence-corrected chi connectivity index (χ2v) is 5.05. The molecule has 0 atom stereocenters. The Kier molecular flexibility index (Phi) is 7.76. The zero-order chi connectivity index (χ0) is 13.2. The van der Waals surface area contributed by atoms with E-state index >= 15 is 0 Å². The molecule has 0 aliphatic heterocycles. The van der Waals surface area contributed by atoms with E-state index in [2.05, 4.69) is 22.7 Å². The maximum atomic E-state index is 5.43. The summed E-state index contributed by atoms with van der Waals surface area (Å²) in [7, 11) is 1.68. The predicted molar refractivity (Wildman–Crippen MR) is 75.2 cm³/mol. The van der Waals surface area contributed by atoms with Gasteiger partial charge >= 0.3 is 0 Å². The normalized spacial score (nSPS) is 24.9. The molecular weight excluding hydrogens is 228 g/mol. The smallest absolute Gasteiger partial charge is 0.205 e. The van der Waals surface area contributed by atoms with E-state index in [1.165, 1.54) is 32.1 Å². The highest BCUT2D eigenvalue weighted by Crippen LogP contribution is 2.30. The first-order valence-electron chi connectivity index (χ1n) is 7.04. The quantitative estimate of drug-likeness (QED) is 0.220. The second-order valence-electron chi connectivity index (χ2n) is 5.05. The summed E-state index contributed by atoms with van der Waals surface area (Å²) in [5, 5.41) is 3.12. The fraction of sp³-hybridized carbons (Fsp3) is 0.923. The minimum atomic E-state index is 0.655. The average Bonchev–Trinajstić information content (AvgIpc) is 2.43. The highest BCUT2D eigenvalue weighted by Gasteiger charge is 2.19. The number of nitrogens with one attached hydrogen (secondary N) is 2. The molecule has 5 heteroatoms. The molecular formula is C13H28N4O. The first kappa shape index (κ1) is 15.2. The van der Waals surface area contributed by atoms with Crippen LogP contribution in [0.1, 0.15) is 39.0 Å². The molecule has 1 aliphatic carbocycles. The van der Waals surface area contributed by atoms with Crippen molar-refractivity contribution in [2.45, 2.75) is 39.0 Å². The summed E-state index contributed by atoms with van der Waals surface area (Å²) in [6.07, 6.45) is 6.65. The van der Waals surface area contributed by atoms with E-state index in [1.807, 2.05) is 0 Å². The van der Waals surface area contributed by atoms with Crippen molar-refractivity contribution in [1.29, 1.82) is 0 Å². The molecule has 1 rings (SSSR count). The molecule has 1 saturated carbocycles. The van der Waals surface area contributed by atoms with Crippen molar-refractivity contribution in [1.82, 2.24) is 10.7 Å². The Morgan fingerprint density at radius 2 is 1.94 bits per heavy atom. The van der Waals surface area contributed by atoms with E-state index in [1.54, 1.807) is 7.11 Å². The fourth-order valence-electron chi connectivity index (χ4n) is 2.47. The van der Waals surface area contributed by atoms with Gasteiger partial charge in [0.15, 0.2) is 0 Å². The molecule has 0 aromatic carbocycles. The van der Waals surface area contributed by atoms with Gasteiger partial charge in [0.05, 0.1) is 6.61 Å². The van der Waals surface area contributed by atoms with Crippen LogP contribution in [0.2, 0.25) is 0 Å². The largest absolute Gasteiger partial charge is 0.383 e. The highest BCUT2D eigenvalue weighted by atomic mass is 16.5. The number of nitrogens with two attached hydrogens (primary N) is 1.